The van der Waals surface area contributed by atoms with Gasteiger partial charge in [0, 0.05) is 16.4 Å². The molecule has 0 aliphatic heterocycles. The number of nitrogens with zero attached hydrogens (tertiary/aromatic N) is 4. The molecule has 2 aromatic heterocycles. The smallest absolute Gasteiger partial charge is 0.292 e. The highest BCUT2D eigenvalue weighted by atomic mass is 35.5. The van der Waals surface area contributed by atoms with Crippen molar-refractivity contribution in [2.75, 3.05) is 0 Å². The molecule has 0 atom stereocenters. The lowest BCUT2D eigenvalue weighted by atomic mass is 9.91. The first-order valence-electron chi connectivity index (χ1n) is 14.6. The molecule has 0 fully saturated rings. The van der Waals surface area contributed by atoms with E-state index in [1.165, 1.54) is 36.4 Å². The van der Waals surface area contributed by atoms with Crippen molar-refractivity contribution in [2.45, 2.75) is 47.8 Å². The molecule has 0 saturated heterocycles. The zero-order chi connectivity index (χ0) is 38.3. The lowest BCUT2D eigenvalue weighted by Crippen LogP contribution is -2.14. The Morgan fingerprint density at radius 2 is 1.46 bits per heavy atom. The van der Waals surface area contributed by atoms with Crippen LogP contribution in [-0.2, 0) is 35.8 Å². The van der Waals surface area contributed by atoms with Crippen LogP contribution in [-0.4, -0.2) is 53.7 Å². The fourth-order valence-electron chi connectivity index (χ4n) is 5.42. The predicted molar refractivity (Wildman–Crippen MR) is 196 cm³/mol. The summed E-state index contributed by atoms with van der Waals surface area (Å²) in [5.41, 5.74) is -0.0713. The largest absolute Gasteiger partial charge is 0.299 e. The number of nitrogens with one attached hydrogen (secondary N) is 1. The molecule has 0 bridgehead atoms. The molecule has 15 nitrogen and oxygen atoms in total. The Labute approximate surface area is 309 Å². The second kappa shape index (κ2) is 12.8. The van der Waals surface area contributed by atoms with Gasteiger partial charge < -0.3 is 0 Å². The molecular weight excluding hydrogens is 802 g/mol. The number of aryl methyl sites for hydroxylation is 1. The minimum absolute atomic E-state index is 0.00383. The SMILES string of the molecule is Cc1ccc2nc(-c3cc(Cl)c(N=Nc4c(C(C)(C)C)[nH]n(-c5ccc6c(S(=O)(=O)O)cc(S(=O)(=O)O)cc6c5)c4=O)c(Cl)c3)sc2c1S(=O)(=O)O. The Hall–Kier alpha value is -4.05. The summed E-state index contributed by atoms with van der Waals surface area (Å²) in [4.78, 5) is 16.5. The van der Waals surface area contributed by atoms with Crippen LogP contribution in [0.15, 0.2) is 84.3 Å². The van der Waals surface area contributed by atoms with E-state index in [0.29, 0.717) is 33.4 Å². The number of H-pyrrole nitrogens is 1. The van der Waals surface area contributed by atoms with E-state index in [1.807, 2.05) is 0 Å². The lowest BCUT2D eigenvalue weighted by Gasteiger charge is -2.16. The molecule has 4 N–H and O–H groups in total. The first kappa shape index (κ1) is 37.7. The van der Waals surface area contributed by atoms with Gasteiger partial charge in [0.15, 0.2) is 5.69 Å². The van der Waals surface area contributed by atoms with Gasteiger partial charge in [-0.25, -0.2) is 9.67 Å². The molecule has 21 heteroatoms. The zero-order valence-corrected chi connectivity index (χ0v) is 31.9. The maximum atomic E-state index is 13.8. The van der Waals surface area contributed by atoms with Gasteiger partial charge in [0.05, 0.1) is 36.5 Å². The number of hydrogen-bond donors (Lipinski definition) is 4. The topological polar surface area (TPSA) is 239 Å². The van der Waals surface area contributed by atoms with E-state index < -0.39 is 51.1 Å². The number of aromatic nitrogens is 3. The molecule has 0 radical (unpaired) electrons. The van der Waals surface area contributed by atoms with E-state index in [1.54, 1.807) is 33.8 Å². The van der Waals surface area contributed by atoms with E-state index in [4.69, 9.17) is 23.2 Å². The van der Waals surface area contributed by atoms with Crippen molar-refractivity contribution in [3.05, 3.63) is 86.3 Å². The van der Waals surface area contributed by atoms with Gasteiger partial charge in [0.25, 0.3) is 35.9 Å². The van der Waals surface area contributed by atoms with Crippen LogP contribution in [0.4, 0.5) is 11.4 Å². The maximum absolute atomic E-state index is 13.8. The number of fused-ring (bicyclic) bond motifs is 2. The van der Waals surface area contributed by atoms with E-state index in [0.717, 1.165) is 22.1 Å². The van der Waals surface area contributed by atoms with Crippen LogP contribution in [0.5, 0.6) is 0 Å². The molecule has 0 spiro atoms. The number of halogens is 2. The maximum Gasteiger partial charge on any atom is 0.299 e. The van der Waals surface area contributed by atoms with Gasteiger partial charge in [0.2, 0.25) is 0 Å². The van der Waals surface area contributed by atoms with Crippen molar-refractivity contribution in [3.8, 4) is 16.3 Å². The normalized spacial score (nSPS) is 13.2. The standard InChI is InChI=1S/C31H25Cl2N5O10S4/c1-14-5-8-22-26(27(14)52(46,47)48)49-29(34-22)16-11-20(32)24(21(33)12-16)35-36-25-28(31(2,3)4)37-38(30(25)39)17-6-7-19-15(9-17)10-18(50(40,41)42)13-23(19)51(43,44)45/h5-13,37H,1-4H3,(H,40,41,42)(H,43,44,45)(H,46,47,48). The third-order valence-corrected chi connectivity index (χ3v) is 12.4. The van der Waals surface area contributed by atoms with Gasteiger partial charge in [-0.1, -0.05) is 56.1 Å². The molecule has 4 aromatic carbocycles. The predicted octanol–water partition coefficient (Wildman–Crippen LogP) is 7.66. The van der Waals surface area contributed by atoms with Crippen LogP contribution >= 0.6 is 34.5 Å². The average Bonchev–Trinajstić information content (AvgIpc) is 3.59. The van der Waals surface area contributed by atoms with Crippen LogP contribution in [0, 0.1) is 6.92 Å². The Bertz CT molecular complexity index is 2910. The summed E-state index contributed by atoms with van der Waals surface area (Å²) in [6.07, 6.45) is 0. The van der Waals surface area contributed by atoms with Crippen molar-refractivity contribution >= 4 is 97.3 Å². The minimum Gasteiger partial charge on any atom is -0.292 e. The highest BCUT2D eigenvalue weighted by Gasteiger charge is 2.27. The van der Waals surface area contributed by atoms with Crippen molar-refractivity contribution in [1.82, 2.24) is 14.8 Å². The first-order valence-corrected chi connectivity index (χ1v) is 20.5. The number of hydrogen-bond acceptors (Lipinski definition) is 11. The summed E-state index contributed by atoms with van der Waals surface area (Å²) in [6.45, 7) is 6.92. The quantitative estimate of drug-likeness (QED) is 0.0900. The number of azo groups is 1. The van der Waals surface area contributed by atoms with Gasteiger partial charge in [-0.15, -0.1) is 21.6 Å². The number of benzene rings is 4. The van der Waals surface area contributed by atoms with Crippen LogP contribution in [0.3, 0.4) is 0 Å². The number of aromatic amines is 1. The molecule has 0 aliphatic carbocycles. The number of thiazole rings is 1. The van der Waals surface area contributed by atoms with E-state index >= 15 is 0 Å². The molecule has 6 aromatic rings. The van der Waals surface area contributed by atoms with Gasteiger partial charge >= 0.3 is 0 Å². The van der Waals surface area contributed by atoms with Crippen LogP contribution < -0.4 is 5.56 Å². The molecule has 0 unspecified atom stereocenters. The van der Waals surface area contributed by atoms with Gasteiger partial charge in [-0.3, -0.25) is 23.6 Å². The third kappa shape index (κ3) is 7.03. The fourth-order valence-corrected chi connectivity index (χ4v) is 9.64. The first-order chi connectivity index (χ1) is 23.9. The van der Waals surface area contributed by atoms with Crippen LogP contribution in [0.1, 0.15) is 32.0 Å². The average molecular weight is 827 g/mol. The Balaban J connectivity index is 1.44. The molecule has 272 valence electrons. The Morgan fingerprint density at radius 3 is 2.04 bits per heavy atom. The molecular formula is C31H25Cl2N5O10S4. The molecule has 2 heterocycles. The van der Waals surface area contributed by atoms with E-state index in [9.17, 15) is 43.7 Å². The van der Waals surface area contributed by atoms with Crippen LogP contribution in [0.25, 0.3) is 37.2 Å². The molecule has 0 amide bonds. The van der Waals surface area contributed by atoms with Crippen molar-refractivity contribution < 1.29 is 38.9 Å². The molecule has 6 rings (SSSR count). The number of rotatable bonds is 7. The van der Waals surface area contributed by atoms with Crippen LogP contribution in [0.2, 0.25) is 10.0 Å². The highest BCUT2D eigenvalue weighted by Crippen LogP contribution is 2.42. The zero-order valence-electron chi connectivity index (χ0n) is 27.1. The van der Waals surface area contributed by atoms with Crippen molar-refractivity contribution in [3.63, 3.8) is 0 Å². The minimum atomic E-state index is -4.93. The van der Waals surface area contributed by atoms with Gasteiger partial charge in [-0.05, 0) is 60.3 Å². The monoisotopic (exact) mass is 825 g/mol. The van der Waals surface area contributed by atoms with Gasteiger partial charge in [-0.2, -0.15) is 25.3 Å². The van der Waals surface area contributed by atoms with E-state index in [2.05, 4.69) is 20.3 Å². The third-order valence-electron chi connectivity index (χ3n) is 7.80. The highest BCUT2D eigenvalue weighted by molar-refractivity contribution is 7.87. The second-order valence-corrected chi connectivity index (χ2v) is 18.5. The van der Waals surface area contributed by atoms with Gasteiger partial charge in [0.1, 0.15) is 20.5 Å². The van der Waals surface area contributed by atoms with Crippen molar-refractivity contribution in [1.29, 1.82) is 0 Å². The Morgan fingerprint density at radius 1 is 0.827 bits per heavy atom. The Kier molecular flexibility index (Phi) is 9.29. The molecule has 0 aliphatic rings. The van der Waals surface area contributed by atoms with E-state index in [-0.39, 0.29) is 47.5 Å². The van der Waals surface area contributed by atoms with Crippen molar-refractivity contribution in [2.24, 2.45) is 10.2 Å². The fraction of sp³-hybridized carbons (Fsp3) is 0.161. The summed E-state index contributed by atoms with van der Waals surface area (Å²) in [6, 6.07) is 11.6. The summed E-state index contributed by atoms with van der Waals surface area (Å²) in [5.74, 6) is 0. The lowest BCUT2D eigenvalue weighted by molar-refractivity contribution is 0.479. The summed E-state index contributed by atoms with van der Waals surface area (Å²) >= 11 is 14.2. The summed E-state index contributed by atoms with van der Waals surface area (Å²) in [5, 5.41) is 11.6. The summed E-state index contributed by atoms with van der Waals surface area (Å²) in [7, 11) is -14.4. The molecule has 0 saturated carbocycles. The second-order valence-electron chi connectivity index (χ2n) is 12.5. The molecule has 52 heavy (non-hydrogen) atoms. The summed E-state index contributed by atoms with van der Waals surface area (Å²) < 4.78 is 103.